The van der Waals surface area contributed by atoms with Crippen molar-refractivity contribution in [2.24, 2.45) is 0 Å². The number of benzene rings is 4. The highest BCUT2D eigenvalue weighted by Crippen LogP contribution is 2.51. The summed E-state index contributed by atoms with van der Waals surface area (Å²) in [5.41, 5.74) is 6.84. The lowest BCUT2D eigenvalue weighted by Crippen LogP contribution is -2.40. The largest absolute Gasteiger partial charge is 0.489 e. The fourth-order valence-electron chi connectivity index (χ4n) is 13.0. The smallest absolute Gasteiger partial charge is 0.354 e. The summed E-state index contributed by atoms with van der Waals surface area (Å²) in [6, 6.07) is 26.8. The summed E-state index contributed by atoms with van der Waals surface area (Å²) in [6.07, 6.45) is 24.4. The molecule has 4 saturated heterocycles. The van der Waals surface area contributed by atoms with E-state index in [0.717, 1.165) is 88.8 Å². The zero-order valence-corrected chi connectivity index (χ0v) is 58.0. The molecule has 98 heavy (non-hydrogen) atoms. The van der Waals surface area contributed by atoms with Gasteiger partial charge in [-0.3, -0.25) is 0 Å². The predicted octanol–water partition coefficient (Wildman–Crippen LogP) is 17.7. The van der Waals surface area contributed by atoms with E-state index in [2.05, 4.69) is 67.5 Å². The van der Waals surface area contributed by atoms with Crippen LogP contribution in [0.4, 0.5) is 0 Å². The van der Waals surface area contributed by atoms with Crippen molar-refractivity contribution in [2.75, 3.05) is 26.4 Å². The van der Waals surface area contributed by atoms with Crippen molar-refractivity contribution in [2.45, 2.75) is 193 Å². The second-order valence-corrected chi connectivity index (χ2v) is 28.6. The normalized spacial score (nSPS) is 24.1. The molecule has 0 saturated carbocycles. The van der Waals surface area contributed by atoms with Crippen LogP contribution >= 0.6 is 0 Å². The number of rotatable bonds is 24. The highest BCUT2D eigenvalue weighted by molar-refractivity contribution is 5.92. The van der Waals surface area contributed by atoms with Crippen LogP contribution in [-0.4, -0.2) is 85.2 Å². The molecule has 6 aliphatic heterocycles. The first-order valence-corrected chi connectivity index (χ1v) is 34.0. The Hall–Kier alpha value is -8.62. The van der Waals surface area contributed by atoms with Gasteiger partial charge < -0.3 is 74.5 Å². The number of hydrogen-bond acceptors (Lipinski definition) is 18. The Bertz CT molecular complexity index is 4600. The molecule has 0 N–H and O–H groups in total. The molecule has 6 aliphatic rings. The van der Waals surface area contributed by atoms with E-state index in [9.17, 15) is 9.59 Å². The maximum Gasteiger partial charge on any atom is 0.354 e. The summed E-state index contributed by atoms with van der Waals surface area (Å²) in [4.78, 5) is 23.2. The van der Waals surface area contributed by atoms with Gasteiger partial charge in [-0.1, -0.05) is 22.3 Å². The molecule has 4 aromatic heterocycles. The zero-order valence-electron chi connectivity index (χ0n) is 58.0. The van der Waals surface area contributed by atoms with Gasteiger partial charge in [-0.2, -0.15) is 0 Å². The first kappa shape index (κ1) is 67.9. The van der Waals surface area contributed by atoms with Gasteiger partial charge in [0, 0.05) is 58.6 Å². The SMILES string of the molecule is C/C(=C\COC1=C[C@]2(Oc3cc4occc4cc31)O[C@H](CC/C(C)=C/COc1ccc3ccc(=O)oc3c1)C(C)(C)O2)CCC1OC1(C)C.C/C(=C\COc1c2c(cc3occc13)O[C@]1(C=C2)O[C@H](CC/C(C)=C/COc2ccc3ccc(=O)oc3c2)C(C)(C)O1)CCC1OC1(C)C. The summed E-state index contributed by atoms with van der Waals surface area (Å²) in [6.45, 7) is 26.6. The van der Waals surface area contributed by atoms with Gasteiger partial charge >= 0.3 is 23.2 Å². The fourth-order valence-corrected chi connectivity index (χ4v) is 13.0. The van der Waals surface area contributed by atoms with Gasteiger partial charge in [0.1, 0.15) is 83.3 Å². The number of epoxide rings is 2. The van der Waals surface area contributed by atoms with Crippen LogP contribution in [0, 0.1) is 0 Å². The van der Waals surface area contributed by atoms with E-state index < -0.39 is 23.1 Å². The average Bonchev–Trinajstić information content (AvgIpc) is 1.52. The first-order valence-electron chi connectivity index (χ1n) is 34.0. The van der Waals surface area contributed by atoms with Crippen molar-refractivity contribution >= 4 is 55.7 Å². The topological polar surface area (TPSA) is 204 Å². The molecule has 0 aliphatic carbocycles. The summed E-state index contributed by atoms with van der Waals surface area (Å²) in [5, 5.41) is 3.53. The van der Waals surface area contributed by atoms with E-state index in [1.165, 1.54) is 23.3 Å². The lowest BCUT2D eigenvalue weighted by molar-refractivity contribution is -0.272. The number of hydrogen-bond donors (Lipinski definition) is 0. The van der Waals surface area contributed by atoms with Crippen molar-refractivity contribution < 1.29 is 74.5 Å². The van der Waals surface area contributed by atoms with Crippen LogP contribution < -0.4 is 34.9 Å². The van der Waals surface area contributed by atoms with Gasteiger partial charge in [0.2, 0.25) is 0 Å². The van der Waals surface area contributed by atoms with E-state index in [4.69, 9.17) is 74.5 Å². The molecule has 18 heteroatoms. The average molecular weight is 1340 g/mol. The maximum absolute atomic E-state index is 11.6. The van der Waals surface area contributed by atoms with Crippen LogP contribution in [0.15, 0.2) is 190 Å². The monoisotopic (exact) mass is 1340 g/mol. The summed E-state index contributed by atoms with van der Waals surface area (Å²) in [7, 11) is 0. The third-order valence-corrected chi connectivity index (χ3v) is 19.2. The van der Waals surface area contributed by atoms with Gasteiger partial charge in [-0.05, 0) is 219 Å². The van der Waals surface area contributed by atoms with E-state index >= 15 is 0 Å². The van der Waals surface area contributed by atoms with Crippen molar-refractivity contribution in [1.29, 1.82) is 0 Å². The summed E-state index contributed by atoms with van der Waals surface area (Å²) in [5.74, 6) is 0.952. The number of allylic oxidation sites excluding steroid dienone is 4. The third-order valence-electron chi connectivity index (χ3n) is 19.2. The van der Waals surface area contributed by atoms with E-state index in [0.29, 0.717) is 102 Å². The highest BCUT2D eigenvalue weighted by atomic mass is 16.9. The van der Waals surface area contributed by atoms with Gasteiger partial charge in [-0.25, -0.2) is 9.59 Å². The van der Waals surface area contributed by atoms with Crippen LogP contribution in [0.2, 0.25) is 0 Å². The molecular formula is C80H88O18. The molecule has 18 nitrogen and oxygen atoms in total. The number of fused-ring (bicyclic) bond motifs is 6. The highest BCUT2D eigenvalue weighted by Gasteiger charge is 2.56. The number of furan rings is 2. The Morgan fingerprint density at radius 1 is 0.449 bits per heavy atom. The Labute approximate surface area is 570 Å². The van der Waals surface area contributed by atoms with Crippen molar-refractivity contribution in [3.05, 3.63) is 194 Å². The maximum atomic E-state index is 11.6. The van der Waals surface area contributed by atoms with E-state index in [1.54, 1.807) is 36.8 Å². The molecular weight excluding hydrogens is 1250 g/mol. The molecule has 4 aromatic carbocycles. The lowest BCUT2D eigenvalue weighted by atomic mass is 9.96. The van der Waals surface area contributed by atoms with Crippen LogP contribution in [0.1, 0.15) is 146 Å². The minimum Gasteiger partial charge on any atom is -0.489 e. The molecule has 0 radical (unpaired) electrons. The Balaban J connectivity index is 0.000000176. The van der Waals surface area contributed by atoms with E-state index in [1.807, 2.05) is 113 Å². The molecule has 0 amide bonds. The Morgan fingerprint density at radius 3 is 1.44 bits per heavy atom. The second-order valence-electron chi connectivity index (χ2n) is 28.6. The fraction of sp³-hybridized carbons (Fsp3) is 0.425. The first-order chi connectivity index (χ1) is 46.8. The van der Waals surface area contributed by atoms with Gasteiger partial charge in [0.25, 0.3) is 0 Å². The van der Waals surface area contributed by atoms with Crippen LogP contribution in [0.25, 0.3) is 55.7 Å². The predicted molar refractivity (Wildman–Crippen MR) is 374 cm³/mol. The molecule has 4 fully saturated rings. The molecule has 10 heterocycles. The molecule has 8 aromatic rings. The van der Waals surface area contributed by atoms with Crippen molar-refractivity contribution in [1.82, 2.24) is 0 Å². The minimum atomic E-state index is -1.45. The minimum absolute atomic E-state index is 0.00264. The Morgan fingerprint density at radius 2 is 0.898 bits per heavy atom. The molecule has 516 valence electrons. The van der Waals surface area contributed by atoms with Gasteiger partial charge in [0.15, 0.2) is 0 Å². The van der Waals surface area contributed by atoms with Gasteiger partial charge in [-0.15, -0.1) is 0 Å². The van der Waals surface area contributed by atoms with Crippen molar-refractivity contribution in [3.63, 3.8) is 0 Å². The quantitative estimate of drug-likeness (QED) is 0.0313. The standard InChI is InChI=1S/2C40H44O9/c1-25(16-20-42-28-11-9-27-10-14-36(41)45-31(27)23-28)8-13-35-39(5,6)49-40(48-35)19-15-29-33(46-40)24-32-30(18-22-43-32)37(29)44-21-17-26(2)7-12-34-38(3,4)47-34;1-25(15-18-42-29-11-9-27-10-14-37(41)45-32(27)22-29)8-13-36-39(5,6)49-40(48-36)24-34(30-21-28-17-20-43-31(28)23-33(30)46-40)44-19-16-26(2)7-12-35-38(3,4)47-35/h9-11,14-19,22-24,34-35H,7-8,12-13,20-21H2,1-6H3;9-11,14-17,20-24,35-36H,7-8,12-13,18-19H2,1-6H3/b25-16+,26-17+;25-15+,26-16+/t34?,35-,40-;35?,36-,40+/m11/s1. The van der Waals surface area contributed by atoms with Crippen LogP contribution in [0.5, 0.6) is 28.7 Å². The van der Waals surface area contributed by atoms with Crippen LogP contribution in [-0.2, 0) is 33.2 Å². The second kappa shape index (κ2) is 27.2. The van der Waals surface area contributed by atoms with E-state index in [-0.39, 0.29) is 34.7 Å². The molecule has 2 unspecified atom stereocenters. The lowest BCUT2D eigenvalue weighted by Gasteiger charge is -2.32. The van der Waals surface area contributed by atoms with Gasteiger partial charge in [0.05, 0.1) is 81.9 Å². The molecule has 14 rings (SSSR count). The molecule has 2 spiro atoms. The zero-order chi connectivity index (χ0) is 68.8. The Kier molecular flexibility index (Phi) is 18.9. The third kappa shape index (κ3) is 15.6. The van der Waals surface area contributed by atoms with Crippen molar-refractivity contribution in [3.8, 4) is 28.7 Å². The number of ether oxygens (including phenoxy) is 12. The summed E-state index contributed by atoms with van der Waals surface area (Å²) < 4.78 is 97.2. The summed E-state index contributed by atoms with van der Waals surface area (Å²) >= 11 is 0. The molecule has 0 bridgehead atoms. The molecule has 6 atom stereocenters. The van der Waals surface area contributed by atoms with Crippen LogP contribution in [0.3, 0.4) is 0 Å².